The van der Waals surface area contributed by atoms with E-state index in [1.807, 2.05) is 15.7 Å². The van der Waals surface area contributed by atoms with Crippen LogP contribution in [0.15, 0.2) is 43.0 Å². The first-order valence-electron chi connectivity index (χ1n) is 8.60. The van der Waals surface area contributed by atoms with Gasteiger partial charge in [-0.05, 0) is 17.7 Å². The first-order valence-corrected chi connectivity index (χ1v) is 8.60. The molecule has 1 saturated heterocycles. The SMILES string of the molecule is O=C(CC1C(=O)NCCN1Cc1ccc(F)cc1)NCCn1ccnc1. The predicted octanol–water partition coefficient (Wildman–Crippen LogP) is 0.529. The van der Waals surface area contributed by atoms with Crippen LogP contribution in [-0.2, 0) is 22.7 Å². The van der Waals surface area contributed by atoms with Crippen LogP contribution in [0.3, 0.4) is 0 Å². The van der Waals surface area contributed by atoms with Gasteiger partial charge < -0.3 is 15.2 Å². The second kappa shape index (κ2) is 8.57. The van der Waals surface area contributed by atoms with Crippen molar-refractivity contribution >= 4 is 11.8 Å². The van der Waals surface area contributed by atoms with Crippen LogP contribution in [0.2, 0.25) is 0 Å². The monoisotopic (exact) mass is 359 g/mol. The van der Waals surface area contributed by atoms with Gasteiger partial charge in [0.2, 0.25) is 11.8 Å². The molecule has 2 aromatic rings. The van der Waals surface area contributed by atoms with Crippen LogP contribution in [-0.4, -0.2) is 51.9 Å². The summed E-state index contributed by atoms with van der Waals surface area (Å²) in [4.78, 5) is 30.4. The lowest BCUT2D eigenvalue weighted by Gasteiger charge is -2.34. The number of hydrogen-bond donors (Lipinski definition) is 2. The molecule has 1 aromatic heterocycles. The van der Waals surface area contributed by atoms with E-state index in [1.165, 1.54) is 12.1 Å². The highest BCUT2D eigenvalue weighted by Gasteiger charge is 2.31. The summed E-state index contributed by atoms with van der Waals surface area (Å²) in [6, 6.07) is 5.67. The number of nitrogens with zero attached hydrogens (tertiary/aromatic N) is 3. The molecule has 2 N–H and O–H groups in total. The Kier molecular flexibility index (Phi) is 5.96. The van der Waals surface area contributed by atoms with Crippen molar-refractivity contribution in [1.82, 2.24) is 25.1 Å². The summed E-state index contributed by atoms with van der Waals surface area (Å²) >= 11 is 0. The van der Waals surface area contributed by atoms with Gasteiger partial charge in [-0.25, -0.2) is 9.37 Å². The molecular weight excluding hydrogens is 337 g/mol. The number of rotatable bonds is 7. The molecule has 1 unspecified atom stereocenters. The van der Waals surface area contributed by atoms with Gasteiger partial charge in [-0.1, -0.05) is 12.1 Å². The van der Waals surface area contributed by atoms with Crippen LogP contribution in [0.25, 0.3) is 0 Å². The molecule has 1 aromatic carbocycles. The zero-order valence-electron chi connectivity index (χ0n) is 14.4. The van der Waals surface area contributed by atoms with Crippen LogP contribution in [0.5, 0.6) is 0 Å². The van der Waals surface area contributed by atoms with Gasteiger partial charge >= 0.3 is 0 Å². The smallest absolute Gasteiger partial charge is 0.237 e. The van der Waals surface area contributed by atoms with E-state index >= 15 is 0 Å². The fourth-order valence-electron chi connectivity index (χ4n) is 2.99. The lowest BCUT2D eigenvalue weighted by molar-refractivity contribution is -0.134. The van der Waals surface area contributed by atoms with Gasteiger partial charge in [-0.3, -0.25) is 14.5 Å². The number of piperazine rings is 1. The Labute approximate surface area is 151 Å². The average molecular weight is 359 g/mol. The Morgan fingerprint density at radius 3 is 2.88 bits per heavy atom. The van der Waals surface area contributed by atoms with E-state index in [2.05, 4.69) is 15.6 Å². The van der Waals surface area contributed by atoms with Gasteiger partial charge in [0, 0.05) is 45.1 Å². The van der Waals surface area contributed by atoms with Crippen molar-refractivity contribution in [1.29, 1.82) is 0 Å². The Bertz CT molecular complexity index is 733. The van der Waals surface area contributed by atoms with Crippen molar-refractivity contribution < 1.29 is 14.0 Å². The van der Waals surface area contributed by atoms with Crippen LogP contribution >= 0.6 is 0 Å². The fourth-order valence-corrected chi connectivity index (χ4v) is 2.99. The minimum absolute atomic E-state index is 0.0942. The average Bonchev–Trinajstić information content (AvgIpc) is 3.13. The predicted molar refractivity (Wildman–Crippen MR) is 93.5 cm³/mol. The zero-order valence-corrected chi connectivity index (χ0v) is 14.4. The van der Waals surface area contributed by atoms with Crippen molar-refractivity contribution in [2.24, 2.45) is 0 Å². The maximum Gasteiger partial charge on any atom is 0.237 e. The number of aromatic nitrogens is 2. The molecule has 1 fully saturated rings. The Morgan fingerprint density at radius 1 is 1.35 bits per heavy atom. The van der Waals surface area contributed by atoms with Gasteiger partial charge in [0.1, 0.15) is 5.82 Å². The minimum Gasteiger partial charge on any atom is -0.354 e. The normalized spacial score (nSPS) is 17.7. The molecule has 2 amide bonds. The number of amides is 2. The van der Waals surface area contributed by atoms with Gasteiger partial charge in [-0.2, -0.15) is 0 Å². The van der Waals surface area contributed by atoms with E-state index in [1.54, 1.807) is 24.7 Å². The van der Waals surface area contributed by atoms with Crippen LogP contribution in [0, 0.1) is 5.82 Å². The van der Waals surface area contributed by atoms with Gasteiger partial charge in [0.25, 0.3) is 0 Å². The third-order valence-corrected chi connectivity index (χ3v) is 4.37. The molecule has 0 spiro atoms. The number of hydrogen-bond acceptors (Lipinski definition) is 4. The third-order valence-electron chi connectivity index (χ3n) is 4.37. The Morgan fingerprint density at radius 2 is 2.15 bits per heavy atom. The highest BCUT2D eigenvalue weighted by Crippen LogP contribution is 2.14. The molecule has 0 saturated carbocycles. The van der Waals surface area contributed by atoms with Crippen molar-refractivity contribution in [2.75, 3.05) is 19.6 Å². The largest absolute Gasteiger partial charge is 0.354 e. The highest BCUT2D eigenvalue weighted by atomic mass is 19.1. The molecule has 0 bridgehead atoms. The van der Waals surface area contributed by atoms with E-state index in [4.69, 9.17) is 0 Å². The third kappa shape index (κ3) is 4.89. The molecule has 1 aliphatic rings. The second-order valence-electron chi connectivity index (χ2n) is 6.26. The first kappa shape index (κ1) is 18.1. The fraction of sp³-hybridized carbons (Fsp3) is 0.389. The number of benzene rings is 1. The Hall–Kier alpha value is -2.74. The lowest BCUT2D eigenvalue weighted by Crippen LogP contribution is -2.56. The van der Waals surface area contributed by atoms with E-state index in [-0.39, 0.29) is 24.1 Å². The molecule has 1 atom stereocenters. The summed E-state index contributed by atoms with van der Waals surface area (Å²) in [5.74, 6) is -0.613. The molecular formula is C18H22FN5O2. The maximum absolute atomic E-state index is 13.1. The molecule has 0 aliphatic carbocycles. The molecule has 26 heavy (non-hydrogen) atoms. The molecule has 3 rings (SSSR count). The summed E-state index contributed by atoms with van der Waals surface area (Å²) in [5, 5.41) is 5.64. The summed E-state index contributed by atoms with van der Waals surface area (Å²) in [5.41, 5.74) is 0.909. The van der Waals surface area contributed by atoms with Gasteiger partial charge in [-0.15, -0.1) is 0 Å². The summed E-state index contributed by atoms with van der Waals surface area (Å²) < 4.78 is 14.9. The molecule has 8 heteroatoms. The topological polar surface area (TPSA) is 79.3 Å². The highest BCUT2D eigenvalue weighted by molar-refractivity contribution is 5.88. The number of carbonyl (C=O) groups excluding carboxylic acids is 2. The summed E-state index contributed by atoms with van der Waals surface area (Å²) in [7, 11) is 0. The molecule has 138 valence electrons. The van der Waals surface area contributed by atoms with Crippen LogP contribution in [0.4, 0.5) is 4.39 Å². The quantitative estimate of drug-likeness (QED) is 0.756. The van der Waals surface area contributed by atoms with Crippen molar-refractivity contribution in [3.05, 3.63) is 54.4 Å². The van der Waals surface area contributed by atoms with E-state index in [0.29, 0.717) is 32.7 Å². The van der Waals surface area contributed by atoms with Gasteiger partial charge in [0.15, 0.2) is 0 Å². The van der Waals surface area contributed by atoms with E-state index in [0.717, 1.165) is 5.56 Å². The minimum atomic E-state index is -0.526. The number of carbonyl (C=O) groups is 2. The van der Waals surface area contributed by atoms with Crippen LogP contribution in [0.1, 0.15) is 12.0 Å². The van der Waals surface area contributed by atoms with Crippen molar-refractivity contribution in [3.63, 3.8) is 0 Å². The van der Waals surface area contributed by atoms with Gasteiger partial charge in [0.05, 0.1) is 18.8 Å². The standard InChI is InChI=1S/C18H22FN5O2/c19-15-3-1-14(2-4-15)12-24-10-7-22-18(26)16(24)11-17(25)21-6-9-23-8-5-20-13-23/h1-5,8,13,16H,6-7,9-12H2,(H,21,25)(H,22,26). The number of nitrogens with one attached hydrogen (secondary N) is 2. The summed E-state index contributed by atoms with van der Waals surface area (Å²) in [6.07, 6.45) is 5.29. The molecule has 7 nitrogen and oxygen atoms in total. The molecule has 2 heterocycles. The summed E-state index contributed by atoms with van der Waals surface area (Å²) in [6.45, 7) is 2.79. The van der Waals surface area contributed by atoms with E-state index in [9.17, 15) is 14.0 Å². The van der Waals surface area contributed by atoms with E-state index < -0.39 is 6.04 Å². The second-order valence-corrected chi connectivity index (χ2v) is 6.26. The zero-order chi connectivity index (χ0) is 18.4. The van der Waals surface area contributed by atoms with Crippen molar-refractivity contribution in [3.8, 4) is 0 Å². The number of imidazole rings is 1. The molecule has 1 aliphatic heterocycles. The maximum atomic E-state index is 13.1. The number of halogens is 1. The van der Waals surface area contributed by atoms with Crippen molar-refractivity contribution in [2.45, 2.75) is 25.6 Å². The van der Waals surface area contributed by atoms with Crippen LogP contribution < -0.4 is 10.6 Å². The lowest BCUT2D eigenvalue weighted by atomic mass is 10.1. The first-order chi connectivity index (χ1) is 12.6. The molecule has 0 radical (unpaired) electrons. The Balaban J connectivity index is 1.54.